The molecule has 0 saturated carbocycles. The molecule has 18 heavy (non-hydrogen) atoms. The molecular weight excluding hydrogens is 254 g/mol. The molecule has 0 aromatic heterocycles. The number of amides is 1. The van der Waals surface area contributed by atoms with Gasteiger partial charge < -0.3 is 14.7 Å². The number of hydrogen-bond donors (Lipinski definition) is 1. The molecule has 6 heteroatoms. The molecule has 1 aliphatic rings. The summed E-state index contributed by atoms with van der Waals surface area (Å²) >= 11 is 1.54. The Labute approximate surface area is 112 Å². The van der Waals surface area contributed by atoms with Crippen molar-refractivity contribution in [3.05, 3.63) is 0 Å². The summed E-state index contributed by atoms with van der Waals surface area (Å²) < 4.78 is 5.28. The molecule has 0 radical (unpaired) electrons. The third-order valence-corrected chi connectivity index (χ3v) is 4.28. The molecule has 2 atom stereocenters. The highest BCUT2D eigenvalue weighted by molar-refractivity contribution is 8.00. The first kappa shape index (κ1) is 15.3. The zero-order valence-electron chi connectivity index (χ0n) is 10.9. The average molecular weight is 275 g/mol. The molecule has 104 valence electrons. The first-order chi connectivity index (χ1) is 8.61. The lowest BCUT2D eigenvalue weighted by Gasteiger charge is -2.26. The summed E-state index contributed by atoms with van der Waals surface area (Å²) in [5, 5.41) is 9.11. The van der Waals surface area contributed by atoms with Crippen molar-refractivity contribution in [2.24, 2.45) is 0 Å². The number of nitrogens with zero attached hydrogens (tertiary/aromatic N) is 1. The lowest BCUT2D eigenvalue weighted by atomic mass is 10.2. The van der Waals surface area contributed by atoms with E-state index in [9.17, 15) is 9.59 Å². The number of carbonyl (C=O) groups excluding carboxylic acids is 1. The Kier molecular flexibility index (Phi) is 6.49. The molecule has 0 aromatic carbocycles. The quantitative estimate of drug-likeness (QED) is 0.714. The van der Waals surface area contributed by atoms with Gasteiger partial charge in [-0.25, -0.2) is 4.79 Å². The van der Waals surface area contributed by atoms with E-state index >= 15 is 0 Å². The lowest BCUT2D eigenvalue weighted by Crippen LogP contribution is -2.45. The highest BCUT2D eigenvalue weighted by Crippen LogP contribution is 2.31. The van der Waals surface area contributed by atoms with Gasteiger partial charge in [0.15, 0.2) is 0 Å². The molecule has 0 aliphatic carbocycles. The van der Waals surface area contributed by atoms with E-state index < -0.39 is 12.0 Å². The van der Waals surface area contributed by atoms with E-state index in [2.05, 4.69) is 0 Å². The van der Waals surface area contributed by atoms with E-state index in [4.69, 9.17) is 9.84 Å². The van der Waals surface area contributed by atoms with Crippen LogP contribution in [0.5, 0.6) is 0 Å². The minimum Gasteiger partial charge on any atom is -0.480 e. The summed E-state index contributed by atoms with van der Waals surface area (Å²) in [5.74, 6) is -0.549. The Morgan fingerprint density at radius 1 is 1.39 bits per heavy atom. The van der Waals surface area contributed by atoms with Crippen molar-refractivity contribution in [3.63, 3.8) is 0 Å². The van der Waals surface area contributed by atoms with Crippen molar-refractivity contribution in [1.29, 1.82) is 0 Å². The zero-order chi connectivity index (χ0) is 13.5. The highest BCUT2D eigenvalue weighted by atomic mass is 32.2. The number of rotatable bonds is 7. The molecule has 1 amide bonds. The van der Waals surface area contributed by atoms with Gasteiger partial charge in [-0.3, -0.25) is 4.79 Å². The molecule has 1 fully saturated rings. The fraction of sp³-hybridized carbons (Fsp3) is 0.833. The van der Waals surface area contributed by atoms with Gasteiger partial charge in [0.2, 0.25) is 5.91 Å². The standard InChI is InChI=1S/C12H21NO4S/c1-3-6-17-7-5-10(14)13-9(12(15)16)8-18-11(13)4-2/h9,11H,3-8H2,1-2H3,(H,15,16). The van der Waals surface area contributed by atoms with E-state index in [0.29, 0.717) is 19.0 Å². The van der Waals surface area contributed by atoms with Gasteiger partial charge in [-0.15, -0.1) is 11.8 Å². The van der Waals surface area contributed by atoms with Crippen LogP contribution < -0.4 is 0 Å². The second kappa shape index (κ2) is 7.63. The average Bonchev–Trinajstić information content (AvgIpc) is 2.78. The fourth-order valence-electron chi connectivity index (χ4n) is 1.94. The Bertz CT molecular complexity index is 298. The van der Waals surface area contributed by atoms with Gasteiger partial charge in [-0.1, -0.05) is 13.8 Å². The van der Waals surface area contributed by atoms with Crippen LogP contribution in [0, 0.1) is 0 Å². The summed E-state index contributed by atoms with van der Waals surface area (Å²) in [5.41, 5.74) is 0. The Balaban J connectivity index is 2.52. The van der Waals surface area contributed by atoms with E-state index in [0.717, 1.165) is 12.8 Å². The predicted molar refractivity (Wildman–Crippen MR) is 70.5 cm³/mol. The second-order valence-corrected chi connectivity index (χ2v) is 5.42. The van der Waals surface area contributed by atoms with Crippen molar-refractivity contribution in [2.75, 3.05) is 19.0 Å². The normalized spacial score (nSPS) is 23.3. The topological polar surface area (TPSA) is 66.8 Å². The van der Waals surface area contributed by atoms with Crippen LogP contribution in [0.3, 0.4) is 0 Å². The van der Waals surface area contributed by atoms with Gasteiger partial charge in [0.05, 0.1) is 18.4 Å². The SMILES string of the molecule is CCCOCCC(=O)N1C(CC)SCC1C(=O)O. The van der Waals surface area contributed by atoms with E-state index in [1.165, 1.54) is 4.90 Å². The lowest BCUT2D eigenvalue weighted by molar-refractivity contribution is -0.149. The van der Waals surface area contributed by atoms with Crippen LogP contribution in [0.15, 0.2) is 0 Å². The van der Waals surface area contributed by atoms with Gasteiger partial charge in [-0.05, 0) is 12.8 Å². The number of ether oxygens (including phenoxy) is 1. The van der Waals surface area contributed by atoms with Crippen molar-refractivity contribution in [2.45, 2.75) is 44.5 Å². The fourth-order valence-corrected chi connectivity index (χ4v) is 3.31. The summed E-state index contributed by atoms with van der Waals surface area (Å²) in [4.78, 5) is 24.7. The molecular formula is C12H21NO4S. The maximum Gasteiger partial charge on any atom is 0.327 e. The van der Waals surface area contributed by atoms with Crippen LogP contribution >= 0.6 is 11.8 Å². The minimum atomic E-state index is -0.915. The van der Waals surface area contributed by atoms with Crippen LogP contribution in [-0.2, 0) is 14.3 Å². The first-order valence-electron chi connectivity index (χ1n) is 6.35. The number of carboxylic acid groups (broad SMARTS) is 1. The molecule has 2 unspecified atom stereocenters. The minimum absolute atomic E-state index is 0.00947. The molecule has 5 nitrogen and oxygen atoms in total. The zero-order valence-corrected chi connectivity index (χ0v) is 11.7. The third-order valence-electron chi connectivity index (χ3n) is 2.82. The van der Waals surface area contributed by atoms with Crippen LogP contribution in [0.4, 0.5) is 0 Å². The second-order valence-electron chi connectivity index (χ2n) is 4.21. The highest BCUT2D eigenvalue weighted by Gasteiger charge is 2.40. The van der Waals surface area contributed by atoms with Crippen LogP contribution in [0.1, 0.15) is 33.1 Å². The molecule has 0 bridgehead atoms. The monoisotopic (exact) mass is 275 g/mol. The van der Waals surface area contributed by atoms with Crippen LogP contribution in [0.2, 0.25) is 0 Å². The number of carboxylic acids is 1. The molecule has 0 spiro atoms. The molecule has 1 rings (SSSR count). The van der Waals surface area contributed by atoms with Gasteiger partial charge >= 0.3 is 5.97 Å². The maximum atomic E-state index is 12.1. The maximum absolute atomic E-state index is 12.1. The van der Waals surface area contributed by atoms with Crippen molar-refractivity contribution in [1.82, 2.24) is 4.90 Å². The van der Waals surface area contributed by atoms with E-state index in [1.54, 1.807) is 11.8 Å². The number of thioether (sulfide) groups is 1. The number of hydrogen-bond acceptors (Lipinski definition) is 4. The van der Waals surface area contributed by atoms with E-state index in [1.807, 2.05) is 13.8 Å². The molecule has 1 heterocycles. The molecule has 1 N–H and O–H groups in total. The van der Waals surface area contributed by atoms with Gasteiger partial charge in [0.25, 0.3) is 0 Å². The predicted octanol–water partition coefficient (Wildman–Crippen LogP) is 1.57. The van der Waals surface area contributed by atoms with Gasteiger partial charge in [-0.2, -0.15) is 0 Å². The van der Waals surface area contributed by atoms with Crippen molar-refractivity contribution >= 4 is 23.6 Å². The van der Waals surface area contributed by atoms with Crippen molar-refractivity contribution in [3.8, 4) is 0 Å². The van der Waals surface area contributed by atoms with E-state index in [-0.39, 0.29) is 17.7 Å². The Morgan fingerprint density at radius 3 is 2.67 bits per heavy atom. The first-order valence-corrected chi connectivity index (χ1v) is 7.40. The third kappa shape index (κ3) is 3.88. The molecule has 1 saturated heterocycles. The Morgan fingerprint density at radius 2 is 2.11 bits per heavy atom. The summed E-state index contributed by atoms with van der Waals surface area (Å²) in [6, 6.07) is -0.682. The van der Waals surface area contributed by atoms with Crippen molar-refractivity contribution < 1.29 is 19.4 Å². The molecule has 0 aromatic rings. The summed E-state index contributed by atoms with van der Waals surface area (Å²) in [6.45, 7) is 4.99. The van der Waals surface area contributed by atoms with Gasteiger partial charge in [0, 0.05) is 12.4 Å². The Hall–Kier alpha value is -0.750. The summed E-state index contributed by atoms with van der Waals surface area (Å²) in [7, 11) is 0. The van der Waals surface area contributed by atoms with Gasteiger partial charge in [0.1, 0.15) is 6.04 Å². The number of aliphatic carboxylic acids is 1. The molecule has 1 aliphatic heterocycles. The smallest absolute Gasteiger partial charge is 0.327 e. The largest absolute Gasteiger partial charge is 0.480 e. The van der Waals surface area contributed by atoms with Crippen LogP contribution in [-0.4, -0.2) is 52.3 Å². The number of carbonyl (C=O) groups is 2. The summed E-state index contributed by atoms with van der Waals surface area (Å²) in [6.07, 6.45) is 1.96. The van der Waals surface area contributed by atoms with Crippen LogP contribution in [0.25, 0.3) is 0 Å².